The molecule has 2 atom stereocenters. The largest absolute Gasteiger partial charge is 0.343 e. The van der Waals surface area contributed by atoms with Crippen LogP contribution in [-0.2, 0) is 14.6 Å². The van der Waals surface area contributed by atoms with Gasteiger partial charge in [0.15, 0.2) is 0 Å². The molecular formula is C15H28N2O3S. The van der Waals surface area contributed by atoms with Crippen molar-refractivity contribution in [2.45, 2.75) is 62.7 Å². The highest BCUT2D eigenvalue weighted by atomic mass is 32.2. The van der Waals surface area contributed by atoms with Crippen LogP contribution in [0.25, 0.3) is 0 Å². The first kappa shape index (κ1) is 16.7. The molecule has 1 heterocycles. The van der Waals surface area contributed by atoms with E-state index in [-0.39, 0.29) is 17.2 Å². The minimum Gasteiger partial charge on any atom is -0.343 e. The van der Waals surface area contributed by atoms with Crippen LogP contribution in [0.2, 0.25) is 0 Å². The standard InChI is InChI=1S/C15H28N2O3S/c1-21(19,20)14-7-5-6-13(12-14)16-9-8-15(18)17-10-3-2-4-11-17/h13-14,16H,2-12H2,1H3. The molecule has 6 heteroatoms. The van der Waals surface area contributed by atoms with Gasteiger partial charge in [-0.2, -0.15) is 0 Å². The molecule has 2 rings (SSSR count). The number of rotatable bonds is 5. The summed E-state index contributed by atoms with van der Waals surface area (Å²) in [5.74, 6) is 0.234. The van der Waals surface area contributed by atoms with E-state index in [2.05, 4.69) is 5.32 Å². The molecular weight excluding hydrogens is 288 g/mol. The van der Waals surface area contributed by atoms with Gasteiger partial charge in [0.05, 0.1) is 5.25 Å². The molecule has 1 aliphatic carbocycles. The third-order valence-corrected chi connectivity index (χ3v) is 6.35. The second-order valence-corrected chi connectivity index (χ2v) is 8.79. The highest BCUT2D eigenvalue weighted by molar-refractivity contribution is 7.91. The molecule has 0 radical (unpaired) electrons. The first-order valence-corrected chi connectivity index (χ1v) is 10.1. The number of nitrogens with zero attached hydrogens (tertiary/aromatic N) is 1. The molecule has 2 unspecified atom stereocenters. The van der Waals surface area contributed by atoms with Crippen LogP contribution < -0.4 is 5.32 Å². The molecule has 2 aliphatic rings. The van der Waals surface area contributed by atoms with E-state index in [9.17, 15) is 13.2 Å². The molecule has 0 spiro atoms. The number of nitrogens with one attached hydrogen (secondary N) is 1. The SMILES string of the molecule is CS(=O)(=O)C1CCCC(NCCC(=O)N2CCCCC2)C1. The lowest BCUT2D eigenvalue weighted by molar-refractivity contribution is -0.132. The second-order valence-electron chi connectivity index (χ2n) is 6.46. The lowest BCUT2D eigenvalue weighted by atomic mass is 9.95. The number of sulfone groups is 1. The lowest BCUT2D eigenvalue weighted by Gasteiger charge is -2.30. The van der Waals surface area contributed by atoms with Crippen molar-refractivity contribution in [2.24, 2.45) is 0 Å². The van der Waals surface area contributed by atoms with Crippen LogP contribution in [0, 0.1) is 0 Å². The van der Waals surface area contributed by atoms with Crippen LogP contribution in [0.1, 0.15) is 51.4 Å². The monoisotopic (exact) mass is 316 g/mol. The molecule has 0 aromatic rings. The van der Waals surface area contributed by atoms with Crippen LogP contribution in [0.4, 0.5) is 0 Å². The van der Waals surface area contributed by atoms with Crippen LogP contribution in [0.5, 0.6) is 0 Å². The Morgan fingerprint density at radius 2 is 1.86 bits per heavy atom. The first-order chi connectivity index (χ1) is 9.97. The summed E-state index contributed by atoms with van der Waals surface area (Å²) in [5.41, 5.74) is 0. The number of carbonyl (C=O) groups excluding carboxylic acids is 1. The van der Waals surface area contributed by atoms with Crippen molar-refractivity contribution in [3.63, 3.8) is 0 Å². The fourth-order valence-electron chi connectivity index (χ4n) is 3.40. The van der Waals surface area contributed by atoms with Crippen molar-refractivity contribution in [1.29, 1.82) is 0 Å². The number of likely N-dealkylation sites (tertiary alicyclic amines) is 1. The van der Waals surface area contributed by atoms with E-state index < -0.39 is 9.84 Å². The van der Waals surface area contributed by atoms with Crippen LogP contribution in [0.3, 0.4) is 0 Å². The predicted octanol–water partition coefficient (Wildman–Crippen LogP) is 1.33. The average molecular weight is 316 g/mol. The van der Waals surface area contributed by atoms with Gasteiger partial charge in [0, 0.05) is 38.4 Å². The maximum absolute atomic E-state index is 12.1. The van der Waals surface area contributed by atoms with Crippen molar-refractivity contribution >= 4 is 15.7 Å². The van der Waals surface area contributed by atoms with Crippen LogP contribution in [-0.4, -0.2) is 56.4 Å². The quantitative estimate of drug-likeness (QED) is 0.831. The lowest BCUT2D eigenvalue weighted by Crippen LogP contribution is -2.41. The number of carbonyl (C=O) groups is 1. The number of amides is 1. The van der Waals surface area contributed by atoms with Gasteiger partial charge in [-0.1, -0.05) is 6.42 Å². The third kappa shape index (κ3) is 5.25. The van der Waals surface area contributed by atoms with Gasteiger partial charge in [0.25, 0.3) is 0 Å². The second kappa shape index (κ2) is 7.58. The molecule has 1 saturated carbocycles. The zero-order chi connectivity index (χ0) is 15.3. The fourth-order valence-corrected chi connectivity index (χ4v) is 4.58. The van der Waals surface area contributed by atoms with Gasteiger partial charge >= 0.3 is 0 Å². The van der Waals surface area contributed by atoms with Gasteiger partial charge in [0.2, 0.25) is 5.91 Å². The Morgan fingerprint density at radius 1 is 1.14 bits per heavy atom. The minimum atomic E-state index is -2.93. The van der Waals surface area contributed by atoms with E-state index in [4.69, 9.17) is 0 Å². The van der Waals surface area contributed by atoms with Gasteiger partial charge in [-0.3, -0.25) is 4.79 Å². The zero-order valence-electron chi connectivity index (χ0n) is 13.0. The summed E-state index contributed by atoms with van der Waals surface area (Å²) in [4.78, 5) is 14.0. The van der Waals surface area contributed by atoms with E-state index in [0.29, 0.717) is 19.4 Å². The van der Waals surface area contributed by atoms with Gasteiger partial charge in [-0.15, -0.1) is 0 Å². The Morgan fingerprint density at radius 3 is 2.52 bits per heavy atom. The van der Waals surface area contributed by atoms with Crippen molar-refractivity contribution < 1.29 is 13.2 Å². The Kier molecular flexibility index (Phi) is 6.05. The summed E-state index contributed by atoms with van der Waals surface area (Å²) < 4.78 is 23.3. The molecule has 5 nitrogen and oxygen atoms in total. The maximum atomic E-state index is 12.1. The van der Waals surface area contributed by atoms with Crippen LogP contribution in [0.15, 0.2) is 0 Å². The molecule has 0 aromatic heterocycles. The minimum absolute atomic E-state index is 0.207. The number of hydrogen-bond donors (Lipinski definition) is 1. The number of hydrogen-bond acceptors (Lipinski definition) is 4. The summed E-state index contributed by atoms with van der Waals surface area (Å²) in [6.07, 6.45) is 8.78. The van der Waals surface area contributed by atoms with Crippen molar-refractivity contribution in [2.75, 3.05) is 25.9 Å². The predicted molar refractivity (Wildman–Crippen MR) is 83.9 cm³/mol. The third-order valence-electron chi connectivity index (χ3n) is 4.71. The summed E-state index contributed by atoms with van der Waals surface area (Å²) >= 11 is 0. The molecule has 1 saturated heterocycles. The summed E-state index contributed by atoms with van der Waals surface area (Å²) in [6.45, 7) is 2.47. The molecule has 122 valence electrons. The Hall–Kier alpha value is -0.620. The smallest absolute Gasteiger partial charge is 0.223 e. The average Bonchev–Trinajstić information content (AvgIpc) is 2.47. The summed E-state index contributed by atoms with van der Waals surface area (Å²) in [6, 6.07) is 0.243. The van der Waals surface area contributed by atoms with Crippen molar-refractivity contribution in [1.82, 2.24) is 10.2 Å². The molecule has 1 aliphatic heterocycles. The fraction of sp³-hybridized carbons (Fsp3) is 0.933. The van der Waals surface area contributed by atoms with E-state index in [0.717, 1.165) is 45.2 Å². The summed E-state index contributed by atoms with van der Waals surface area (Å²) in [5, 5.41) is 3.17. The molecule has 0 bridgehead atoms. The Balaban J connectivity index is 1.69. The first-order valence-electron chi connectivity index (χ1n) is 8.17. The topological polar surface area (TPSA) is 66.5 Å². The molecule has 1 N–H and O–H groups in total. The van der Waals surface area contributed by atoms with Crippen LogP contribution >= 0.6 is 0 Å². The van der Waals surface area contributed by atoms with Crippen molar-refractivity contribution in [3.05, 3.63) is 0 Å². The van der Waals surface area contributed by atoms with Gasteiger partial charge in [0.1, 0.15) is 9.84 Å². The normalized spacial score (nSPS) is 27.6. The maximum Gasteiger partial charge on any atom is 0.223 e. The van der Waals surface area contributed by atoms with Gasteiger partial charge in [-0.25, -0.2) is 8.42 Å². The van der Waals surface area contributed by atoms with Gasteiger partial charge in [-0.05, 0) is 38.5 Å². The van der Waals surface area contributed by atoms with Gasteiger partial charge < -0.3 is 10.2 Å². The van der Waals surface area contributed by atoms with E-state index >= 15 is 0 Å². The molecule has 0 aromatic carbocycles. The molecule has 2 fully saturated rings. The van der Waals surface area contributed by atoms with E-state index in [1.54, 1.807) is 0 Å². The number of piperidine rings is 1. The highest BCUT2D eigenvalue weighted by Crippen LogP contribution is 2.23. The van der Waals surface area contributed by atoms with E-state index in [1.165, 1.54) is 12.7 Å². The highest BCUT2D eigenvalue weighted by Gasteiger charge is 2.28. The molecule has 21 heavy (non-hydrogen) atoms. The van der Waals surface area contributed by atoms with Crippen molar-refractivity contribution in [3.8, 4) is 0 Å². The van der Waals surface area contributed by atoms with E-state index in [1.807, 2.05) is 4.90 Å². The summed E-state index contributed by atoms with van der Waals surface area (Å²) in [7, 11) is -2.93. The molecule has 1 amide bonds. The Labute approximate surface area is 128 Å². The Bertz CT molecular complexity index is 444. The zero-order valence-corrected chi connectivity index (χ0v) is 13.8.